The average Bonchev–Trinajstić information content (AvgIpc) is 2.32. The smallest absolute Gasteiger partial charge is 0.296 e. The van der Waals surface area contributed by atoms with Crippen LogP contribution in [0.2, 0.25) is 0 Å². The van der Waals surface area contributed by atoms with E-state index in [1.165, 1.54) is 0 Å². The van der Waals surface area contributed by atoms with Crippen LogP contribution in [0.15, 0.2) is 15.8 Å². The van der Waals surface area contributed by atoms with E-state index in [1.54, 1.807) is 6.07 Å². The van der Waals surface area contributed by atoms with Crippen molar-refractivity contribution in [3.63, 3.8) is 0 Å². The highest BCUT2D eigenvalue weighted by molar-refractivity contribution is 4.91. The third-order valence-electron chi connectivity index (χ3n) is 2.11. The number of hydrogen-bond acceptors (Lipinski definition) is 4. The van der Waals surface area contributed by atoms with E-state index in [-0.39, 0.29) is 25.9 Å². The van der Waals surface area contributed by atoms with Gasteiger partial charge in [0.05, 0.1) is 31.2 Å². The van der Waals surface area contributed by atoms with Gasteiger partial charge in [0.25, 0.3) is 5.56 Å². The number of nitriles is 2. The Balaban J connectivity index is 3.25. The van der Waals surface area contributed by atoms with E-state index in [2.05, 4.69) is 0 Å². The van der Waals surface area contributed by atoms with Gasteiger partial charge in [0.15, 0.2) is 0 Å². The minimum absolute atomic E-state index is 0.0130. The van der Waals surface area contributed by atoms with Gasteiger partial charge in [0.2, 0.25) is 5.82 Å². The number of aromatic nitrogens is 2. The van der Waals surface area contributed by atoms with Gasteiger partial charge in [-0.05, 0) is 0 Å². The van der Waals surface area contributed by atoms with E-state index in [9.17, 15) is 14.0 Å². The van der Waals surface area contributed by atoms with Crippen LogP contribution in [-0.4, -0.2) is 9.13 Å². The third-order valence-corrected chi connectivity index (χ3v) is 2.11. The Kier molecular flexibility index (Phi) is 4.18. The molecule has 0 aromatic carbocycles. The monoisotopic (exact) mass is 236 g/mol. The van der Waals surface area contributed by atoms with Gasteiger partial charge in [0.1, 0.15) is 0 Å². The second-order valence-corrected chi connectivity index (χ2v) is 3.23. The molecule has 7 heteroatoms. The van der Waals surface area contributed by atoms with Gasteiger partial charge in [-0.1, -0.05) is 0 Å². The van der Waals surface area contributed by atoms with Crippen LogP contribution in [0.1, 0.15) is 12.8 Å². The van der Waals surface area contributed by atoms with Crippen molar-refractivity contribution in [2.75, 3.05) is 0 Å². The molecule has 0 atom stereocenters. The molecule has 1 heterocycles. The molecule has 6 nitrogen and oxygen atoms in total. The van der Waals surface area contributed by atoms with Crippen LogP contribution in [0, 0.1) is 28.5 Å². The zero-order valence-electron chi connectivity index (χ0n) is 8.89. The summed E-state index contributed by atoms with van der Waals surface area (Å²) < 4.78 is 14.8. The molecule has 0 aliphatic carbocycles. The molecule has 88 valence electrons. The van der Waals surface area contributed by atoms with Crippen molar-refractivity contribution in [1.29, 1.82) is 10.5 Å². The van der Waals surface area contributed by atoms with Crippen LogP contribution in [0.5, 0.6) is 0 Å². The predicted octanol–water partition coefficient (Wildman–Crippen LogP) is -0.0235. The number of hydrogen-bond donors (Lipinski definition) is 0. The highest BCUT2D eigenvalue weighted by Crippen LogP contribution is 1.90. The Morgan fingerprint density at radius 2 is 1.76 bits per heavy atom. The molecule has 0 bridgehead atoms. The summed E-state index contributed by atoms with van der Waals surface area (Å²) in [5, 5.41) is 16.8. The first kappa shape index (κ1) is 12.7. The lowest BCUT2D eigenvalue weighted by Gasteiger charge is -2.07. The average molecular weight is 236 g/mol. The van der Waals surface area contributed by atoms with E-state index in [4.69, 9.17) is 10.5 Å². The van der Waals surface area contributed by atoms with E-state index >= 15 is 0 Å². The van der Waals surface area contributed by atoms with Gasteiger partial charge in [-0.3, -0.25) is 13.9 Å². The van der Waals surface area contributed by atoms with Crippen LogP contribution in [0.3, 0.4) is 0 Å². The third kappa shape index (κ3) is 2.79. The van der Waals surface area contributed by atoms with E-state index in [0.29, 0.717) is 4.57 Å². The zero-order chi connectivity index (χ0) is 12.8. The summed E-state index contributed by atoms with van der Waals surface area (Å²) in [4.78, 5) is 23.0. The van der Waals surface area contributed by atoms with Crippen LogP contribution >= 0.6 is 0 Å². The SMILES string of the molecule is N#CCCn1cc(F)c(=O)n(CCC#N)c1=O. The molecule has 0 N–H and O–H groups in total. The molecular formula is C10H9FN4O2. The van der Waals surface area contributed by atoms with Crippen LogP contribution in [0.4, 0.5) is 4.39 Å². The zero-order valence-corrected chi connectivity index (χ0v) is 8.89. The number of halogens is 1. The highest BCUT2D eigenvalue weighted by atomic mass is 19.1. The Bertz CT molecular complexity index is 603. The van der Waals surface area contributed by atoms with Gasteiger partial charge < -0.3 is 0 Å². The Labute approximate surface area is 95.8 Å². The molecule has 1 rings (SSSR count). The normalized spacial score (nSPS) is 9.59. The van der Waals surface area contributed by atoms with Crippen LogP contribution in [0.25, 0.3) is 0 Å². The largest absolute Gasteiger partial charge is 0.331 e. The van der Waals surface area contributed by atoms with Crippen molar-refractivity contribution in [2.45, 2.75) is 25.9 Å². The molecule has 0 saturated carbocycles. The summed E-state index contributed by atoms with van der Waals surface area (Å²) in [5.41, 5.74) is -1.75. The molecular weight excluding hydrogens is 227 g/mol. The van der Waals surface area contributed by atoms with E-state index < -0.39 is 17.1 Å². The van der Waals surface area contributed by atoms with Gasteiger partial charge in [0, 0.05) is 13.1 Å². The summed E-state index contributed by atoms with van der Waals surface area (Å²) in [6.45, 7) is -0.141. The maximum Gasteiger partial charge on any atom is 0.331 e. The van der Waals surface area contributed by atoms with Crippen molar-refractivity contribution in [1.82, 2.24) is 9.13 Å². The van der Waals surface area contributed by atoms with E-state index in [1.807, 2.05) is 6.07 Å². The molecule has 17 heavy (non-hydrogen) atoms. The van der Waals surface area contributed by atoms with Crippen molar-refractivity contribution in [3.8, 4) is 12.1 Å². The van der Waals surface area contributed by atoms with Crippen LogP contribution in [-0.2, 0) is 13.1 Å². The van der Waals surface area contributed by atoms with Gasteiger partial charge >= 0.3 is 5.69 Å². The maximum atomic E-state index is 13.2. The summed E-state index contributed by atoms with van der Waals surface area (Å²) in [7, 11) is 0. The van der Waals surface area contributed by atoms with Gasteiger partial charge in [-0.2, -0.15) is 14.9 Å². The van der Waals surface area contributed by atoms with Crippen molar-refractivity contribution < 1.29 is 4.39 Å². The molecule has 0 spiro atoms. The Morgan fingerprint density at radius 3 is 2.35 bits per heavy atom. The molecule has 0 aliphatic heterocycles. The van der Waals surface area contributed by atoms with Crippen molar-refractivity contribution >= 4 is 0 Å². The Morgan fingerprint density at radius 1 is 1.18 bits per heavy atom. The second kappa shape index (κ2) is 5.61. The van der Waals surface area contributed by atoms with E-state index in [0.717, 1.165) is 10.8 Å². The summed E-state index contributed by atoms with van der Waals surface area (Å²) in [6, 6.07) is 3.59. The first-order valence-electron chi connectivity index (χ1n) is 4.85. The molecule has 1 aromatic heterocycles. The Hall–Kier alpha value is -2.41. The quantitative estimate of drug-likeness (QED) is 0.734. The summed E-state index contributed by atoms with van der Waals surface area (Å²) in [5.74, 6) is -1.07. The number of aryl methyl sites for hydroxylation is 1. The number of rotatable bonds is 4. The highest BCUT2D eigenvalue weighted by Gasteiger charge is 2.10. The summed E-state index contributed by atoms with van der Waals surface area (Å²) in [6.07, 6.45) is 0.761. The lowest BCUT2D eigenvalue weighted by atomic mass is 10.4. The van der Waals surface area contributed by atoms with Gasteiger partial charge in [-0.25, -0.2) is 4.79 Å². The molecule has 0 fully saturated rings. The topological polar surface area (TPSA) is 91.6 Å². The summed E-state index contributed by atoms with van der Waals surface area (Å²) >= 11 is 0. The van der Waals surface area contributed by atoms with Crippen molar-refractivity contribution in [3.05, 3.63) is 32.9 Å². The molecule has 1 aromatic rings. The fourth-order valence-electron chi connectivity index (χ4n) is 1.31. The molecule has 0 radical (unpaired) electrons. The number of nitrogens with zero attached hydrogens (tertiary/aromatic N) is 4. The van der Waals surface area contributed by atoms with Crippen LogP contribution < -0.4 is 11.2 Å². The molecule has 0 saturated heterocycles. The fraction of sp³-hybridized carbons (Fsp3) is 0.400. The maximum absolute atomic E-state index is 13.2. The van der Waals surface area contributed by atoms with Crippen molar-refractivity contribution in [2.24, 2.45) is 0 Å². The predicted molar refractivity (Wildman–Crippen MR) is 55.4 cm³/mol. The first-order valence-corrected chi connectivity index (χ1v) is 4.85. The minimum atomic E-state index is -1.07. The lowest BCUT2D eigenvalue weighted by Crippen LogP contribution is -2.41. The molecule has 0 unspecified atom stereocenters. The standard InChI is InChI=1S/C10H9FN4O2/c11-8-7-14(5-1-3-12)10(17)15(9(8)16)6-2-4-13/h7H,1-2,5-6H2. The van der Waals surface area contributed by atoms with Gasteiger partial charge in [-0.15, -0.1) is 0 Å². The fourth-order valence-corrected chi connectivity index (χ4v) is 1.31. The minimum Gasteiger partial charge on any atom is -0.296 e. The molecule has 0 aliphatic rings. The lowest BCUT2D eigenvalue weighted by molar-refractivity contribution is 0.493. The first-order chi connectivity index (χ1) is 8.11. The second-order valence-electron chi connectivity index (χ2n) is 3.23. The molecule has 0 amide bonds.